The van der Waals surface area contributed by atoms with Crippen LogP contribution in [0.5, 0.6) is 0 Å². The van der Waals surface area contributed by atoms with Crippen LogP contribution in [0.25, 0.3) is 0 Å². The molecule has 1 rings (SSSR count). The molecule has 192 valence electrons. The first kappa shape index (κ1) is 30.3. The monoisotopic (exact) mass is 492 g/mol. The second kappa shape index (κ2) is 13.4. The maximum Gasteiger partial charge on any atom is 0.211 e. The van der Waals surface area contributed by atoms with Crippen LogP contribution in [0, 0.1) is 35.5 Å². The molecule has 0 amide bonds. The molecule has 0 N–H and O–H groups in total. The minimum atomic E-state index is -1.95. The molecular weight excluding hydrogens is 436 g/mol. The van der Waals surface area contributed by atoms with E-state index in [0.717, 1.165) is 5.95 Å². The van der Waals surface area contributed by atoms with Crippen LogP contribution in [-0.2, 0) is 0 Å². The molecule has 0 aliphatic heterocycles. The van der Waals surface area contributed by atoms with E-state index in [1.54, 1.807) is 12.7 Å². The Morgan fingerprint density at radius 1 is 0.515 bits per heavy atom. The second-order valence-electron chi connectivity index (χ2n) is 13.3. The summed E-state index contributed by atoms with van der Waals surface area (Å²) in [5, 5.41) is 0. The summed E-state index contributed by atoms with van der Waals surface area (Å²) in [4.78, 5) is 14.1. The topological polar surface area (TPSA) is 41.9 Å². The van der Waals surface area contributed by atoms with Crippen LogP contribution in [-0.4, -0.2) is 31.4 Å². The third-order valence-corrected chi connectivity index (χ3v) is 21.0. The predicted molar refractivity (Wildman–Crippen MR) is 152 cm³/mol. The van der Waals surface area contributed by atoms with Gasteiger partial charge >= 0.3 is 0 Å². The van der Waals surface area contributed by atoms with Gasteiger partial charge in [-0.25, -0.2) is 15.0 Å². The first-order chi connectivity index (χ1) is 15.2. The van der Waals surface area contributed by atoms with Crippen molar-refractivity contribution >= 4 is 22.4 Å². The summed E-state index contributed by atoms with van der Waals surface area (Å²) in [5.74, 6) is 5.10. The molecule has 4 nitrogen and oxygen atoms in total. The van der Waals surface area contributed by atoms with Crippen molar-refractivity contribution in [1.29, 1.82) is 0 Å². The van der Waals surface area contributed by atoms with Crippen LogP contribution in [0.15, 0.2) is 12.7 Å². The van der Waals surface area contributed by atoms with Gasteiger partial charge in [0.2, 0.25) is 5.95 Å². The lowest BCUT2D eigenvalue weighted by atomic mass is 10.2. The Labute approximate surface area is 209 Å². The molecule has 0 aliphatic carbocycles. The minimum absolute atomic E-state index is 0.683. The summed E-state index contributed by atoms with van der Waals surface area (Å²) in [6.45, 7) is 29.2. The van der Waals surface area contributed by atoms with Crippen LogP contribution in [0.4, 0.5) is 5.95 Å². The molecule has 0 spiro atoms. The number of rotatable bonds is 15. The highest BCUT2D eigenvalue weighted by Crippen LogP contribution is 2.45. The van der Waals surface area contributed by atoms with E-state index in [2.05, 4.69) is 92.3 Å². The Kier molecular flexibility index (Phi) is 12.3. The van der Waals surface area contributed by atoms with E-state index in [0.29, 0.717) is 35.5 Å². The van der Waals surface area contributed by atoms with Gasteiger partial charge in [0.15, 0.2) is 16.5 Å². The zero-order chi connectivity index (χ0) is 25.4. The lowest BCUT2D eigenvalue weighted by Crippen LogP contribution is -2.70. The summed E-state index contributed by atoms with van der Waals surface area (Å²) < 4.78 is 3.06. The number of nitrogens with zero attached hydrogens (tertiary/aromatic N) is 4. The summed E-state index contributed by atoms with van der Waals surface area (Å²) >= 11 is 0. The Morgan fingerprint density at radius 2 is 0.758 bits per heavy atom. The standard InChI is InChI=1S/C27H56N4Si2/c1-21(2)13-32(14-22(3)4,15-23(5)6)31(27-29-19-28-20-30-27)33(16-24(7)8,17-25(9)10)18-26(11)12/h19-26H,13-18H2,1-12H3. The van der Waals surface area contributed by atoms with Crippen molar-refractivity contribution in [3.8, 4) is 0 Å². The molecule has 33 heavy (non-hydrogen) atoms. The SMILES string of the molecule is CC(C)C[Si](CC(C)C)(CC(C)C)N(c1ncncn1)[Si](CC(C)C)(CC(C)C)CC(C)C. The highest BCUT2D eigenvalue weighted by Gasteiger charge is 2.53. The van der Waals surface area contributed by atoms with Crippen LogP contribution in [0.3, 0.4) is 0 Å². The lowest BCUT2D eigenvalue weighted by molar-refractivity contribution is 0.621. The second-order valence-corrected chi connectivity index (χ2v) is 22.0. The molecule has 0 saturated carbocycles. The van der Waals surface area contributed by atoms with E-state index in [9.17, 15) is 0 Å². The highest BCUT2D eigenvalue weighted by molar-refractivity contribution is 7.02. The molecular formula is C27H56N4Si2. The van der Waals surface area contributed by atoms with E-state index in [1.807, 2.05) is 0 Å². The molecule has 1 aromatic heterocycles. The quantitative estimate of drug-likeness (QED) is 0.230. The van der Waals surface area contributed by atoms with Crippen molar-refractivity contribution in [2.24, 2.45) is 35.5 Å². The van der Waals surface area contributed by atoms with Crippen LogP contribution >= 0.6 is 0 Å². The summed E-state index contributed by atoms with van der Waals surface area (Å²) in [5.41, 5.74) is 0. The first-order valence-electron chi connectivity index (χ1n) is 13.6. The minimum Gasteiger partial charge on any atom is -0.393 e. The van der Waals surface area contributed by atoms with Gasteiger partial charge in [-0.05, 0) is 71.8 Å². The molecule has 0 aliphatic rings. The molecule has 0 bridgehead atoms. The van der Waals surface area contributed by atoms with Gasteiger partial charge in [0.1, 0.15) is 12.7 Å². The van der Waals surface area contributed by atoms with Gasteiger partial charge in [-0.15, -0.1) is 0 Å². The van der Waals surface area contributed by atoms with E-state index in [-0.39, 0.29) is 0 Å². The number of anilines is 1. The summed E-state index contributed by atoms with van der Waals surface area (Å²) in [6.07, 6.45) is 3.49. The van der Waals surface area contributed by atoms with E-state index < -0.39 is 16.5 Å². The predicted octanol–water partition coefficient (Wildman–Crippen LogP) is 8.51. The van der Waals surface area contributed by atoms with Gasteiger partial charge in [0.05, 0.1) is 0 Å². The Balaban J connectivity index is 4.04. The Bertz CT molecular complexity index is 568. The van der Waals surface area contributed by atoms with Crippen molar-refractivity contribution in [2.45, 2.75) is 119 Å². The summed E-state index contributed by atoms with van der Waals surface area (Å²) in [7, 11) is -3.90. The van der Waals surface area contributed by atoms with Crippen molar-refractivity contribution < 1.29 is 0 Å². The third kappa shape index (κ3) is 9.43. The molecule has 1 aromatic rings. The van der Waals surface area contributed by atoms with Gasteiger partial charge in [-0.2, -0.15) is 0 Å². The molecule has 0 radical (unpaired) electrons. The van der Waals surface area contributed by atoms with Gasteiger partial charge in [0.25, 0.3) is 0 Å². The normalized spacial score (nSPS) is 13.4. The van der Waals surface area contributed by atoms with E-state index in [1.165, 1.54) is 36.3 Å². The average Bonchev–Trinajstić information content (AvgIpc) is 2.58. The molecule has 6 heteroatoms. The smallest absolute Gasteiger partial charge is 0.211 e. The maximum atomic E-state index is 4.93. The van der Waals surface area contributed by atoms with E-state index in [4.69, 9.17) is 9.97 Å². The number of aromatic nitrogens is 3. The Morgan fingerprint density at radius 3 is 0.970 bits per heavy atom. The zero-order valence-corrected chi connectivity index (χ0v) is 26.2. The molecule has 1 heterocycles. The van der Waals surface area contributed by atoms with Crippen molar-refractivity contribution in [3.63, 3.8) is 0 Å². The fourth-order valence-electron chi connectivity index (χ4n) is 6.88. The van der Waals surface area contributed by atoms with Crippen LogP contribution in [0.1, 0.15) is 83.1 Å². The van der Waals surface area contributed by atoms with Crippen molar-refractivity contribution in [3.05, 3.63) is 12.7 Å². The number of hydrogen-bond acceptors (Lipinski definition) is 4. The summed E-state index contributed by atoms with van der Waals surface area (Å²) in [6, 6.07) is 7.99. The fraction of sp³-hybridized carbons (Fsp3) is 0.889. The highest BCUT2D eigenvalue weighted by atomic mass is 28.4. The van der Waals surface area contributed by atoms with E-state index >= 15 is 0 Å². The lowest BCUT2D eigenvalue weighted by Gasteiger charge is -2.56. The Hall–Kier alpha value is -0.756. The first-order valence-corrected chi connectivity index (χ1v) is 18.8. The largest absolute Gasteiger partial charge is 0.393 e. The average molecular weight is 493 g/mol. The molecule has 0 unspecified atom stereocenters. The van der Waals surface area contributed by atoms with Gasteiger partial charge in [0, 0.05) is 0 Å². The van der Waals surface area contributed by atoms with Gasteiger partial charge in [-0.1, -0.05) is 83.1 Å². The van der Waals surface area contributed by atoms with Gasteiger partial charge in [-0.3, -0.25) is 0 Å². The third-order valence-electron chi connectivity index (χ3n) is 6.36. The van der Waals surface area contributed by atoms with Crippen LogP contribution in [0.2, 0.25) is 36.3 Å². The van der Waals surface area contributed by atoms with Crippen molar-refractivity contribution in [1.82, 2.24) is 15.0 Å². The fourth-order valence-corrected chi connectivity index (χ4v) is 24.8. The molecule has 0 saturated heterocycles. The molecule has 0 aromatic carbocycles. The van der Waals surface area contributed by atoms with Crippen molar-refractivity contribution in [2.75, 3.05) is 4.23 Å². The number of hydrogen-bond donors (Lipinski definition) is 0. The molecule has 0 fully saturated rings. The van der Waals surface area contributed by atoms with Crippen LogP contribution < -0.4 is 4.23 Å². The maximum absolute atomic E-state index is 4.93. The van der Waals surface area contributed by atoms with Gasteiger partial charge < -0.3 is 4.23 Å². The zero-order valence-electron chi connectivity index (χ0n) is 24.2. The molecule has 0 atom stereocenters.